The molecular formula is C49H68N6O9. The van der Waals surface area contributed by atoms with Crippen molar-refractivity contribution in [2.45, 2.75) is 96.2 Å². The van der Waals surface area contributed by atoms with Gasteiger partial charge in [0, 0.05) is 51.2 Å². The molecule has 1 heterocycles. The number of unbranched alkanes of at least 4 members (excludes halogenated alkanes) is 2. The fraction of sp³-hybridized carbons (Fsp3) is 0.510. The van der Waals surface area contributed by atoms with Crippen molar-refractivity contribution in [2.24, 2.45) is 5.92 Å². The van der Waals surface area contributed by atoms with E-state index in [1.807, 2.05) is 86.6 Å². The van der Waals surface area contributed by atoms with Crippen molar-refractivity contribution < 1.29 is 43.0 Å². The van der Waals surface area contributed by atoms with Gasteiger partial charge in [0.05, 0.1) is 19.8 Å². The molecule has 64 heavy (non-hydrogen) atoms. The third-order valence-electron chi connectivity index (χ3n) is 10.8. The summed E-state index contributed by atoms with van der Waals surface area (Å²) < 4.78 is 17.0. The van der Waals surface area contributed by atoms with Crippen molar-refractivity contribution in [3.05, 3.63) is 96.1 Å². The molecule has 3 aromatic carbocycles. The van der Waals surface area contributed by atoms with Crippen LogP contribution in [-0.2, 0) is 46.2 Å². The van der Waals surface area contributed by atoms with Crippen molar-refractivity contribution >= 4 is 35.8 Å². The second-order valence-electron chi connectivity index (χ2n) is 17.5. The van der Waals surface area contributed by atoms with E-state index in [1.165, 1.54) is 4.90 Å². The molecule has 0 saturated carbocycles. The normalized spacial score (nSPS) is 14.6. The first-order chi connectivity index (χ1) is 30.6. The minimum absolute atomic E-state index is 0.0163. The standard InChI is InChI=1S/C49H68N6O9/c1-7-8-11-25-42(56)53-49(33-38-23-16-17-24-40(38)37-21-14-10-15-22-37,39(34-50-47(61)64-48(2,3)4)35-63-43(57)26-18-27-54(5)6)45(59)51-41(32-36-19-12-9-13-20-36)44(58)52-46(60)55-28-30-62-31-29-55/h9-10,12-17,19-24,39,41H,7-8,11,18,25-35H2,1-6H3,(H,50,61)(H,51,59)(H,53,56)(H,52,58,60). The van der Waals surface area contributed by atoms with Gasteiger partial charge in [-0.1, -0.05) is 105 Å². The number of esters is 1. The maximum atomic E-state index is 15.8. The van der Waals surface area contributed by atoms with Crippen LogP contribution in [0, 0.1) is 5.92 Å². The zero-order chi connectivity index (χ0) is 46.5. The van der Waals surface area contributed by atoms with Crippen LogP contribution in [-0.4, -0.2) is 123 Å². The highest BCUT2D eigenvalue weighted by atomic mass is 16.6. The van der Waals surface area contributed by atoms with Crippen LogP contribution in [0.5, 0.6) is 0 Å². The number of nitrogens with one attached hydrogen (secondary N) is 4. The summed E-state index contributed by atoms with van der Waals surface area (Å²) in [5.41, 5.74) is 0.113. The van der Waals surface area contributed by atoms with E-state index >= 15 is 4.79 Å². The Morgan fingerprint density at radius 1 is 0.828 bits per heavy atom. The van der Waals surface area contributed by atoms with Gasteiger partial charge in [0.1, 0.15) is 17.2 Å². The number of rotatable bonds is 22. The van der Waals surface area contributed by atoms with E-state index in [-0.39, 0.29) is 45.3 Å². The van der Waals surface area contributed by atoms with Gasteiger partial charge < -0.3 is 40.0 Å². The van der Waals surface area contributed by atoms with E-state index in [1.54, 1.807) is 45.0 Å². The number of alkyl carbamates (subject to hydrolysis) is 1. The average Bonchev–Trinajstić information content (AvgIpc) is 3.26. The highest BCUT2D eigenvalue weighted by Gasteiger charge is 2.49. The van der Waals surface area contributed by atoms with Crippen LogP contribution in [0.2, 0.25) is 0 Å². The van der Waals surface area contributed by atoms with Gasteiger partial charge >= 0.3 is 18.1 Å². The highest BCUT2D eigenvalue weighted by Crippen LogP contribution is 2.32. The van der Waals surface area contributed by atoms with Gasteiger partial charge in [-0.3, -0.25) is 24.5 Å². The molecule has 6 amide bonds. The van der Waals surface area contributed by atoms with Crippen LogP contribution in [0.3, 0.4) is 0 Å². The third-order valence-corrected chi connectivity index (χ3v) is 10.8. The molecule has 4 rings (SSSR count). The summed E-state index contributed by atoms with van der Waals surface area (Å²) in [4.78, 5) is 88.0. The Morgan fingerprint density at radius 3 is 2.14 bits per heavy atom. The number of imide groups is 1. The van der Waals surface area contributed by atoms with E-state index in [2.05, 4.69) is 21.3 Å². The number of hydrogen-bond acceptors (Lipinski definition) is 10. The number of morpholine rings is 1. The van der Waals surface area contributed by atoms with E-state index in [0.29, 0.717) is 43.7 Å². The minimum atomic E-state index is -1.99. The predicted molar refractivity (Wildman–Crippen MR) is 245 cm³/mol. The van der Waals surface area contributed by atoms with Crippen LogP contribution in [0.15, 0.2) is 84.9 Å². The molecule has 0 radical (unpaired) electrons. The molecule has 0 aliphatic carbocycles. The summed E-state index contributed by atoms with van der Waals surface area (Å²) in [6, 6.07) is 24.1. The number of amides is 6. The van der Waals surface area contributed by atoms with Crippen LogP contribution in [0.25, 0.3) is 11.1 Å². The third kappa shape index (κ3) is 16.7. The molecule has 1 aliphatic heterocycles. The predicted octanol–water partition coefficient (Wildman–Crippen LogP) is 5.65. The van der Waals surface area contributed by atoms with Crippen molar-refractivity contribution in [2.75, 3.05) is 60.1 Å². The molecule has 4 N–H and O–H groups in total. The maximum absolute atomic E-state index is 15.8. The number of carbonyl (C=O) groups is 6. The van der Waals surface area contributed by atoms with Crippen molar-refractivity contribution in [3.63, 3.8) is 0 Å². The summed E-state index contributed by atoms with van der Waals surface area (Å²) >= 11 is 0. The molecule has 3 atom stereocenters. The summed E-state index contributed by atoms with van der Waals surface area (Å²) in [7, 11) is 3.80. The van der Waals surface area contributed by atoms with Gasteiger partial charge in [-0.15, -0.1) is 0 Å². The van der Waals surface area contributed by atoms with Crippen LogP contribution in [0.4, 0.5) is 9.59 Å². The molecule has 0 aromatic heterocycles. The Kier molecular flexibility index (Phi) is 20.2. The topological polar surface area (TPSA) is 185 Å². The Hall–Kier alpha value is -5.80. The Balaban J connectivity index is 1.90. The second kappa shape index (κ2) is 25.5. The largest absolute Gasteiger partial charge is 0.465 e. The van der Waals surface area contributed by atoms with E-state index in [0.717, 1.165) is 24.0 Å². The van der Waals surface area contributed by atoms with Crippen LogP contribution in [0.1, 0.15) is 77.3 Å². The fourth-order valence-corrected chi connectivity index (χ4v) is 7.42. The summed E-state index contributed by atoms with van der Waals surface area (Å²) in [6.45, 7) is 8.30. The van der Waals surface area contributed by atoms with Gasteiger partial charge in [0.25, 0.3) is 5.91 Å². The fourth-order valence-electron chi connectivity index (χ4n) is 7.42. The number of ether oxygens (including phenoxy) is 3. The minimum Gasteiger partial charge on any atom is -0.465 e. The van der Waals surface area contributed by atoms with Gasteiger partial charge in [-0.2, -0.15) is 0 Å². The average molecular weight is 885 g/mol. The van der Waals surface area contributed by atoms with Gasteiger partial charge in [-0.05, 0) is 76.5 Å². The lowest BCUT2D eigenvalue weighted by molar-refractivity contribution is -0.149. The van der Waals surface area contributed by atoms with Gasteiger partial charge in [0.15, 0.2) is 0 Å². The quantitative estimate of drug-likeness (QED) is 0.0726. The Bertz CT molecular complexity index is 1970. The first-order valence-corrected chi connectivity index (χ1v) is 22.3. The highest BCUT2D eigenvalue weighted by molar-refractivity contribution is 6.01. The summed E-state index contributed by atoms with van der Waals surface area (Å²) in [6.07, 6.45) is 1.84. The molecular weight excluding hydrogens is 817 g/mol. The number of benzene rings is 3. The van der Waals surface area contributed by atoms with Crippen LogP contribution >= 0.6 is 0 Å². The number of hydrogen-bond donors (Lipinski definition) is 4. The number of carbonyl (C=O) groups excluding carboxylic acids is 6. The van der Waals surface area contributed by atoms with Crippen LogP contribution < -0.4 is 21.3 Å². The van der Waals surface area contributed by atoms with E-state index in [9.17, 15) is 24.0 Å². The molecule has 0 spiro atoms. The molecule has 348 valence electrons. The molecule has 15 nitrogen and oxygen atoms in total. The van der Waals surface area contributed by atoms with Gasteiger partial charge in [-0.25, -0.2) is 9.59 Å². The zero-order valence-electron chi connectivity index (χ0n) is 38.4. The van der Waals surface area contributed by atoms with Crippen molar-refractivity contribution in [1.29, 1.82) is 0 Å². The van der Waals surface area contributed by atoms with E-state index < -0.39 is 65.5 Å². The number of nitrogens with zero attached hydrogens (tertiary/aromatic N) is 2. The first kappa shape index (κ1) is 50.8. The zero-order valence-corrected chi connectivity index (χ0v) is 38.4. The molecule has 3 aromatic rings. The summed E-state index contributed by atoms with van der Waals surface area (Å²) in [5.74, 6) is -3.66. The Morgan fingerprint density at radius 2 is 1.48 bits per heavy atom. The van der Waals surface area contributed by atoms with E-state index in [4.69, 9.17) is 14.2 Å². The lowest BCUT2D eigenvalue weighted by atomic mass is 9.76. The smallest absolute Gasteiger partial charge is 0.407 e. The maximum Gasteiger partial charge on any atom is 0.407 e. The lowest BCUT2D eigenvalue weighted by Gasteiger charge is -2.41. The van der Waals surface area contributed by atoms with Gasteiger partial charge in [0.2, 0.25) is 11.8 Å². The molecule has 15 heteroatoms. The Labute approximate surface area is 378 Å². The monoisotopic (exact) mass is 885 g/mol. The molecule has 1 saturated heterocycles. The van der Waals surface area contributed by atoms with Crippen molar-refractivity contribution in [3.8, 4) is 11.1 Å². The molecule has 0 bridgehead atoms. The SMILES string of the molecule is CCCCCC(=O)NC(Cc1ccccc1-c1ccccc1)(C(=O)NC(Cc1ccccc1)C(=O)NC(=O)N1CCOCC1)C(CNC(=O)OC(C)(C)C)COC(=O)CCCN(C)C. The first-order valence-electron chi connectivity index (χ1n) is 22.3. The molecule has 1 aliphatic rings. The number of urea groups is 1. The second-order valence-corrected chi connectivity index (χ2v) is 17.5. The molecule has 3 unspecified atom stereocenters. The molecule has 1 fully saturated rings. The van der Waals surface area contributed by atoms with Crippen molar-refractivity contribution in [1.82, 2.24) is 31.1 Å². The lowest BCUT2D eigenvalue weighted by Crippen LogP contribution is -2.69. The summed E-state index contributed by atoms with van der Waals surface area (Å²) in [5, 5.41) is 11.3.